The molecule has 3 rings (SSSR count). The van der Waals surface area contributed by atoms with Gasteiger partial charge in [-0.15, -0.1) is 11.3 Å². The van der Waals surface area contributed by atoms with Crippen molar-refractivity contribution in [2.24, 2.45) is 5.92 Å². The molecule has 1 aliphatic heterocycles. The van der Waals surface area contributed by atoms with Crippen molar-refractivity contribution in [2.45, 2.75) is 40.2 Å². The van der Waals surface area contributed by atoms with E-state index in [4.69, 9.17) is 4.74 Å². The van der Waals surface area contributed by atoms with E-state index in [1.165, 1.54) is 0 Å². The predicted molar refractivity (Wildman–Crippen MR) is 109 cm³/mol. The van der Waals surface area contributed by atoms with Crippen molar-refractivity contribution in [2.75, 3.05) is 32.8 Å². The van der Waals surface area contributed by atoms with E-state index >= 15 is 0 Å². The van der Waals surface area contributed by atoms with Crippen LogP contribution in [0.4, 0.5) is 0 Å². The van der Waals surface area contributed by atoms with Crippen LogP contribution in [0.1, 0.15) is 42.0 Å². The molecule has 1 amide bonds. The molecule has 3 heterocycles. The minimum Gasteiger partial charge on any atom is -0.379 e. The van der Waals surface area contributed by atoms with Crippen LogP contribution in [-0.2, 0) is 4.74 Å². The highest BCUT2D eigenvalue weighted by molar-refractivity contribution is 7.12. The number of aryl methyl sites for hydroxylation is 1. The lowest BCUT2D eigenvalue weighted by Gasteiger charge is -2.35. The van der Waals surface area contributed by atoms with Crippen LogP contribution in [0, 0.1) is 19.8 Å². The summed E-state index contributed by atoms with van der Waals surface area (Å²) >= 11 is 1.57. The predicted octanol–water partition coefficient (Wildman–Crippen LogP) is 3.03. The third kappa shape index (κ3) is 4.78. The monoisotopic (exact) mass is 390 g/mol. The zero-order valence-electron chi connectivity index (χ0n) is 16.7. The van der Waals surface area contributed by atoms with Gasteiger partial charge in [0.05, 0.1) is 18.8 Å². The van der Waals surface area contributed by atoms with Crippen LogP contribution < -0.4 is 5.32 Å². The molecule has 0 radical (unpaired) electrons. The first kappa shape index (κ1) is 20.0. The minimum atomic E-state index is -0.00655. The average molecular weight is 391 g/mol. The summed E-state index contributed by atoms with van der Waals surface area (Å²) in [4.78, 5) is 19.7. The molecule has 0 bridgehead atoms. The second kappa shape index (κ2) is 8.99. The summed E-state index contributed by atoms with van der Waals surface area (Å²) < 4.78 is 7.53. The molecule has 2 aromatic rings. The van der Waals surface area contributed by atoms with Crippen LogP contribution in [0.25, 0.3) is 5.13 Å². The molecule has 1 fully saturated rings. The number of carbonyl (C=O) groups is 1. The Hall–Kier alpha value is -1.70. The van der Waals surface area contributed by atoms with Gasteiger partial charge in [-0.05, 0) is 32.3 Å². The zero-order chi connectivity index (χ0) is 19.4. The fourth-order valence-electron chi connectivity index (χ4n) is 3.77. The fraction of sp³-hybridized carbons (Fsp3) is 0.600. The second-order valence-corrected chi connectivity index (χ2v) is 8.45. The molecule has 0 aliphatic carbocycles. The number of hydrogen-bond acceptors (Lipinski definition) is 5. The normalized spacial score (nSPS) is 16.6. The lowest BCUT2D eigenvalue weighted by molar-refractivity contribution is 0.0124. The summed E-state index contributed by atoms with van der Waals surface area (Å²) in [6.45, 7) is 12.6. The maximum atomic E-state index is 12.9. The SMILES string of the molecule is Cc1cc(C(=O)NCC(CC(C)C)N2CCOCC2)c(C)n1-c1nccs1. The number of thiazole rings is 1. The van der Waals surface area contributed by atoms with Crippen LogP contribution in [-0.4, -0.2) is 59.2 Å². The average Bonchev–Trinajstić information content (AvgIpc) is 3.26. The first-order valence-electron chi connectivity index (χ1n) is 9.66. The van der Waals surface area contributed by atoms with Crippen LogP contribution in [0.15, 0.2) is 17.6 Å². The van der Waals surface area contributed by atoms with Gasteiger partial charge in [0, 0.05) is 48.6 Å². The highest BCUT2D eigenvalue weighted by Crippen LogP contribution is 2.22. The van der Waals surface area contributed by atoms with E-state index < -0.39 is 0 Å². The third-order valence-corrected chi connectivity index (χ3v) is 5.85. The Labute approximate surface area is 165 Å². The number of amides is 1. The van der Waals surface area contributed by atoms with Gasteiger partial charge in [0.1, 0.15) is 0 Å². The molecular formula is C20H30N4O2S. The summed E-state index contributed by atoms with van der Waals surface area (Å²) in [6.07, 6.45) is 2.86. The molecule has 1 aliphatic rings. The Morgan fingerprint density at radius 1 is 1.33 bits per heavy atom. The van der Waals surface area contributed by atoms with Gasteiger partial charge in [-0.1, -0.05) is 13.8 Å². The lowest BCUT2D eigenvalue weighted by Crippen LogP contribution is -2.49. The van der Waals surface area contributed by atoms with Crippen molar-refractivity contribution in [3.8, 4) is 5.13 Å². The highest BCUT2D eigenvalue weighted by atomic mass is 32.1. The molecular weight excluding hydrogens is 360 g/mol. The van der Waals surface area contributed by atoms with Crippen molar-refractivity contribution >= 4 is 17.2 Å². The van der Waals surface area contributed by atoms with Crippen molar-refractivity contribution in [1.29, 1.82) is 0 Å². The number of rotatable bonds is 7. The summed E-state index contributed by atoms with van der Waals surface area (Å²) in [7, 11) is 0. The number of morpholine rings is 1. The Bertz CT molecular complexity index is 748. The Kier molecular flexibility index (Phi) is 6.68. The van der Waals surface area contributed by atoms with Gasteiger partial charge < -0.3 is 10.1 Å². The molecule has 2 aromatic heterocycles. The Morgan fingerprint density at radius 3 is 2.70 bits per heavy atom. The number of nitrogens with one attached hydrogen (secondary N) is 1. The smallest absolute Gasteiger partial charge is 0.253 e. The van der Waals surface area contributed by atoms with E-state index in [2.05, 4.69) is 29.0 Å². The van der Waals surface area contributed by atoms with Gasteiger partial charge in [-0.3, -0.25) is 14.3 Å². The third-order valence-electron chi connectivity index (χ3n) is 5.09. The van der Waals surface area contributed by atoms with Gasteiger partial charge in [-0.25, -0.2) is 4.98 Å². The molecule has 0 spiro atoms. The van der Waals surface area contributed by atoms with Crippen LogP contribution in [0.5, 0.6) is 0 Å². The number of carbonyl (C=O) groups excluding carboxylic acids is 1. The largest absolute Gasteiger partial charge is 0.379 e. The molecule has 1 N–H and O–H groups in total. The first-order chi connectivity index (χ1) is 13.0. The van der Waals surface area contributed by atoms with Crippen molar-refractivity contribution in [3.05, 3.63) is 34.6 Å². The van der Waals surface area contributed by atoms with Crippen LogP contribution >= 0.6 is 11.3 Å². The maximum absolute atomic E-state index is 12.9. The lowest BCUT2D eigenvalue weighted by atomic mass is 10.0. The summed E-state index contributed by atoms with van der Waals surface area (Å²) in [6, 6.07) is 2.30. The summed E-state index contributed by atoms with van der Waals surface area (Å²) in [5, 5.41) is 6.03. The quantitative estimate of drug-likeness (QED) is 0.789. The standard InChI is InChI=1S/C20H30N4O2S/c1-14(2)11-17(23-6-8-26-9-7-23)13-22-19(25)18-12-15(3)24(16(18)4)20-21-5-10-27-20/h5,10,12,14,17H,6-9,11,13H2,1-4H3,(H,22,25). The van der Waals surface area contributed by atoms with Gasteiger partial charge in [0.15, 0.2) is 5.13 Å². The number of ether oxygens (including phenoxy) is 1. The van der Waals surface area contributed by atoms with Crippen molar-refractivity contribution in [1.82, 2.24) is 19.8 Å². The van der Waals surface area contributed by atoms with E-state index in [0.717, 1.165) is 54.8 Å². The van der Waals surface area contributed by atoms with Crippen molar-refractivity contribution in [3.63, 3.8) is 0 Å². The molecule has 1 unspecified atom stereocenters. The molecule has 6 nitrogen and oxygen atoms in total. The topological polar surface area (TPSA) is 59.4 Å². The second-order valence-electron chi connectivity index (χ2n) is 7.58. The summed E-state index contributed by atoms with van der Waals surface area (Å²) in [5.74, 6) is 0.581. The minimum absolute atomic E-state index is 0.00655. The van der Waals surface area contributed by atoms with Gasteiger partial charge in [0.2, 0.25) is 0 Å². The molecule has 0 saturated carbocycles. The molecule has 7 heteroatoms. The molecule has 148 valence electrons. The van der Waals surface area contributed by atoms with Gasteiger partial charge in [-0.2, -0.15) is 0 Å². The molecule has 0 aromatic carbocycles. The number of hydrogen-bond donors (Lipinski definition) is 1. The van der Waals surface area contributed by atoms with E-state index in [1.807, 2.05) is 29.9 Å². The highest BCUT2D eigenvalue weighted by Gasteiger charge is 2.24. The summed E-state index contributed by atoms with van der Waals surface area (Å²) in [5.41, 5.74) is 2.69. The molecule has 1 atom stereocenters. The zero-order valence-corrected chi connectivity index (χ0v) is 17.5. The first-order valence-corrected chi connectivity index (χ1v) is 10.5. The maximum Gasteiger partial charge on any atom is 0.253 e. The van der Waals surface area contributed by atoms with E-state index in [-0.39, 0.29) is 5.91 Å². The van der Waals surface area contributed by atoms with Crippen LogP contribution in [0.2, 0.25) is 0 Å². The van der Waals surface area contributed by atoms with E-state index in [0.29, 0.717) is 18.5 Å². The molecule has 1 saturated heterocycles. The number of nitrogens with zero attached hydrogens (tertiary/aromatic N) is 3. The van der Waals surface area contributed by atoms with Crippen LogP contribution in [0.3, 0.4) is 0 Å². The van der Waals surface area contributed by atoms with Gasteiger partial charge >= 0.3 is 0 Å². The van der Waals surface area contributed by atoms with E-state index in [9.17, 15) is 4.79 Å². The number of aromatic nitrogens is 2. The Morgan fingerprint density at radius 2 is 2.07 bits per heavy atom. The van der Waals surface area contributed by atoms with Crippen molar-refractivity contribution < 1.29 is 9.53 Å². The van der Waals surface area contributed by atoms with E-state index in [1.54, 1.807) is 17.5 Å². The Balaban J connectivity index is 1.69. The fourth-order valence-corrected chi connectivity index (χ4v) is 4.52. The molecule has 27 heavy (non-hydrogen) atoms. The van der Waals surface area contributed by atoms with Gasteiger partial charge in [0.25, 0.3) is 5.91 Å².